The topological polar surface area (TPSA) is 97.8 Å². The van der Waals surface area contributed by atoms with E-state index in [1.54, 1.807) is 30.7 Å². The van der Waals surface area contributed by atoms with Gasteiger partial charge in [0.1, 0.15) is 5.82 Å². The maximum atomic E-state index is 15.7. The van der Waals surface area contributed by atoms with Crippen molar-refractivity contribution in [3.05, 3.63) is 73.8 Å². The van der Waals surface area contributed by atoms with Crippen molar-refractivity contribution in [2.24, 2.45) is 0 Å². The molecule has 1 aromatic heterocycles. The van der Waals surface area contributed by atoms with Gasteiger partial charge in [0.25, 0.3) is 5.91 Å². The van der Waals surface area contributed by atoms with Gasteiger partial charge in [-0.15, -0.1) is 11.3 Å². The van der Waals surface area contributed by atoms with Crippen LogP contribution in [0.25, 0.3) is 17.3 Å². The number of thiazole rings is 1. The smallest absolute Gasteiger partial charge is 0.331 e. The first kappa shape index (κ1) is 31.7. The monoisotopic (exact) mass is 608 g/mol. The van der Waals surface area contributed by atoms with Gasteiger partial charge in [0.15, 0.2) is 5.13 Å². The summed E-state index contributed by atoms with van der Waals surface area (Å²) in [5.74, 6) is -2.06. The highest BCUT2D eigenvalue weighted by Crippen LogP contribution is 2.34. The number of hydrogen-bond acceptors (Lipinski definition) is 6. The van der Waals surface area contributed by atoms with Crippen LogP contribution in [0.1, 0.15) is 67.1 Å². The summed E-state index contributed by atoms with van der Waals surface area (Å²) < 4.78 is 26.9. The average molecular weight is 610 g/mol. The molecule has 1 heterocycles. The Morgan fingerprint density at radius 1 is 1.20 bits per heavy atom. The number of methoxy groups -OCH3 is 1. The minimum atomic E-state index is -1.11. The maximum Gasteiger partial charge on any atom is 0.331 e. The van der Waals surface area contributed by atoms with E-state index < -0.39 is 23.8 Å². The van der Waals surface area contributed by atoms with E-state index in [1.165, 1.54) is 25.1 Å². The second-order valence-electron chi connectivity index (χ2n) is 9.03. The third-order valence-electron chi connectivity index (χ3n) is 6.07. The van der Waals surface area contributed by atoms with Gasteiger partial charge in [-0.05, 0) is 37.6 Å². The first-order chi connectivity index (χ1) is 19.2. The van der Waals surface area contributed by atoms with Gasteiger partial charge in [0.05, 0.1) is 21.8 Å². The fraction of sp³-hybridized carbons (Fsp3) is 0.345. The number of halogens is 3. The number of nitrogens with one attached hydrogen (secondary N) is 1. The van der Waals surface area contributed by atoms with Crippen LogP contribution in [0, 0.1) is 5.82 Å². The van der Waals surface area contributed by atoms with Crippen molar-refractivity contribution in [1.82, 2.24) is 4.98 Å². The lowest BCUT2D eigenvalue weighted by molar-refractivity contribution is -0.132. The first-order valence-corrected chi connectivity index (χ1v) is 14.4. The maximum absolute atomic E-state index is 15.7. The van der Waals surface area contributed by atoms with E-state index in [0.717, 1.165) is 30.6 Å². The largest absolute Gasteiger partial charge is 0.478 e. The molecular formula is C29H31Cl2FN2O5S. The van der Waals surface area contributed by atoms with Gasteiger partial charge in [-0.3, -0.25) is 10.1 Å². The molecule has 11 heteroatoms. The number of anilines is 1. The van der Waals surface area contributed by atoms with Crippen molar-refractivity contribution >= 4 is 57.6 Å². The van der Waals surface area contributed by atoms with Crippen LogP contribution in [0.2, 0.25) is 10.0 Å². The molecule has 7 nitrogen and oxygen atoms in total. The number of hydrogen-bond donors (Lipinski definition) is 2. The zero-order chi connectivity index (χ0) is 29.2. The normalized spacial score (nSPS) is 12.4. The van der Waals surface area contributed by atoms with Crippen molar-refractivity contribution < 1.29 is 28.6 Å². The highest BCUT2D eigenvalue weighted by atomic mass is 35.5. The molecule has 1 amide bonds. The van der Waals surface area contributed by atoms with E-state index in [2.05, 4.69) is 17.2 Å². The molecule has 1 unspecified atom stereocenters. The fourth-order valence-electron chi connectivity index (χ4n) is 3.88. The van der Waals surface area contributed by atoms with E-state index >= 15 is 4.39 Å². The zero-order valence-corrected chi connectivity index (χ0v) is 24.8. The Morgan fingerprint density at radius 3 is 2.58 bits per heavy atom. The minimum absolute atomic E-state index is 0.0423. The molecule has 0 radical (unpaired) electrons. The number of carbonyl (C=O) groups excluding carboxylic acids is 1. The van der Waals surface area contributed by atoms with Crippen LogP contribution in [0.15, 0.2) is 41.3 Å². The molecule has 0 aliphatic heterocycles. The Morgan fingerprint density at radius 2 is 1.93 bits per heavy atom. The van der Waals surface area contributed by atoms with Gasteiger partial charge in [-0.2, -0.15) is 0 Å². The Hall–Kier alpha value is -2.82. The quantitative estimate of drug-likeness (QED) is 0.141. The summed E-state index contributed by atoms with van der Waals surface area (Å²) in [4.78, 5) is 28.4. The number of benzene rings is 2. The molecule has 0 aliphatic carbocycles. The number of aromatic nitrogens is 1. The third kappa shape index (κ3) is 8.34. The van der Waals surface area contributed by atoms with Gasteiger partial charge in [0.2, 0.25) is 0 Å². The molecule has 40 heavy (non-hydrogen) atoms. The number of carboxylic acids is 1. The van der Waals surface area contributed by atoms with Gasteiger partial charge >= 0.3 is 5.97 Å². The summed E-state index contributed by atoms with van der Waals surface area (Å²) in [6.45, 7) is 4.48. The van der Waals surface area contributed by atoms with E-state index in [-0.39, 0.29) is 26.3 Å². The fourth-order valence-corrected chi connectivity index (χ4v) is 5.18. The molecule has 0 bridgehead atoms. The van der Waals surface area contributed by atoms with Crippen LogP contribution in [0.3, 0.4) is 0 Å². The number of carbonyl (C=O) groups is 2. The van der Waals surface area contributed by atoms with Crippen molar-refractivity contribution in [1.29, 1.82) is 0 Å². The number of unbranched alkanes of at least 4 members (excludes halogenated alkanes) is 2. The molecule has 2 N–H and O–H groups in total. The van der Waals surface area contributed by atoms with Gasteiger partial charge in [-0.25, -0.2) is 14.2 Å². The summed E-state index contributed by atoms with van der Waals surface area (Å²) in [6.07, 6.45) is 4.39. The van der Waals surface area contributed by atoms with Crippen LogP contribution >= 0.6 is 34.5 Å². The number of amides is 1. The van der Waals surface area contributed by atoms with E-state index in [1.807, 2.05) is 0 Å². The number of ether oxygens (including phenoxy) is 2. The highest BCUT2D eigenvalue weighted by Gasteiger charge is 2.21. The molecule has 2 aromatic carbocycles. The summed E-state index contributed by atoms with van der Waals surface area (Å²) in [5.41, 5.74) is 1.60. The molecule has 3 rings (SSSR count). The molecule has 0 saturated carbocycles. The molecule has 0 saturated heterocycles. The van der Waals surface area contributed by atoms with E-state index in [0.29, 0.717) is 42.0 Å². The average Bonchev–Trinajstić information content (AvgIpc) is 3.38. The van der Waals surface area contributed by atoms with Crippen molar-refractivity contribution in [3.8, 4) is 11.3 Å². The van der Waals surface area contributed by atoms with Crippen molar-refractivity contribution in [2.45, 2.75) is 45.6 Å². The van der Waals surface area contributed by atoms with E-state index in [9.17, 15) is 9.59 Å². The minimum Gasteiger partial charge on any atom is -0.478 e. The Bertz CT molecular complexity index is 1360. The van der Waals surface area contributed by atoms with Gasteiger partial charge in [-0.1, -0.05) is 55.1 Å². The van der Waals surface area contributed by atoms with Crippen LogP contribution in [-0.2, 0) is 14.3 Å². The van der Waals surface area contributed by atoms with Gasteiger partial charge < -0.3 is 14.6 Å². The summed E-state index contributed by atoms with van der Waals surface area (Å²) in [5, 5.41) is 13.9. The molecule has 0 aliphatic rings. The second kappa shape index (κ2) is 15.3. The van der Waals surface area contributed by atoms with Crippen LogP contribution in [-0.4, -0.2) is 42.3 Å². The Labute approximate surface area is 246 Å². The summed E-state index contributed by atoms with van der Waals surface area (Å²) in [6, 6.07) is 7.88. The molecule has 0 fully saturated rings. The second-order valence-corrected chi connectivity index (χ2v) is 10.7. The molecule has 1 atom stereocenters. The summed E-state index contributed by atoms with van der Waals surface area (Å²) >= 11 is 13.7. The standard InChI is InChI=1S/C29H31Cl2FN2O5S/c1-4-5-6-11-39-25(10-12-38-3)20-9-7-8-19(26(20)32)24-16-40-29(33-24)34-27(35)18-14-22(30)21(23(31)15-18)13-17(2)28(36)37/h7-9,13-16,25H,4-6,10-12H2,1-3H3,(H,36,37)(H,33,34,35)/b17-13+. The third-order valence-corrected chi connectivity index (χ3v) is 7.45. The predicted octanol–water partition coefficient (Wildman–Crippen LogP) is 8.28. The van der Waals surface area contributed by atoms with Crippen LogP contribution < -0.4 is 5.32 Å². The Kier molecular flexibility index (Phi) is 12.1. The van der Waals surface area contributed by atoms with Crippen molar-refractivity contribution in [3.63, 3.8) is 0 Å². The number of carboxylic acid groups (broad SMARTS) is 1. The molecule has 0 spiro atoms. The lowest BCUT2D eigenvalue weighted by Gasteiger charge is -2.20. The number of nitrogens with zero attached hydrogens (tertiary/aromatic N) is 1. The lowest BCUT2D eigenvalue weighted by Crippen LogP contribution is -2.12. The first-order valence-electron chi connectivity index (χ1n) is 12.7. The van der Waals surface area contributed by atoms with Crippen LogP contribution in [0.4, 0.5) is 9.52 Å². The molecule has 3 aromatic rings. The predicted molar refractivity (Wildman–Crippen MR) is 158 cm³/mol. The van der Waals surface area contributed by atoms with Crippen LogP contribution in [0.5, 0.6) is 0 Å². The zero-order valence-electron chi connectivity index (χ0n) is 22.4. The van der Waals surface area contributed by atoms with Gasteiger partial charge in [0, 0.05) is 60.0 Å². The van der Waals surface area contributed by atoms with E-state index in [4.69, 9.17) is 37.8 Å². The van der Waals surface area contributed by atoms with Crippen molar-refractivity contribution in [2.75, 3.05) is 25.6 Å². The lowest BCUT2D eigenvalue weighted by atomic mass is 10.0. The Balaban J connectivity index is 1.80. The molecule has 214 valence electrons. The number of aliphatic carboxylic acids is 1. The molecular weight excluding hydrogens is 578 g/mol. The number of rotatable bonds is 14. The SMILES string of the molecule is CCCCCOC(CCOC)c1cccc(-c2csc(NC(=O)c3cc(Cl)c(/C=C(\C)C(=O)O)c(Cl)c3)n2)c1F. The highest BCUT2D eigenvalue weighted by molar-refractivity contribution is 7.14. The summed E-state index contributed by atoms with van der Waals surface area (Å²) in [7, 11) is 1.60.